The van der Waals surface area contributed by atoms with E-state index in [4.69, 9.17) is 8.97 Å². The first-order valence-corrected chi connectivity index (χ1v) is 8.20. The van der Waals surface area contributed by atoms with Crippen molar-refractivity contribution in [1.29, 1.82) is 0 Å². The van der Waals surface area contributed by atoms with Crippen LogP contribution in [0, 0.1) is 0 Å². The van der Waals surface area contributed by atoms with Crippen LogP contribution in [0.2, 0.25) is 0 Å². The van der Waals surface area contributed by atoms with E-state index in [1.165, 1.54) is 0 Å². The zero-order valence-electron chi connectivity index (χ0n) is 12.5. The highest BCUT2D eigenvalue weighted by Gasteiger charge is 2.25. The Morgan fingerprint density at radius 1 is 0.846 bits per heavy atom. The lowest BCUT2D eigenvalue weighted by Gasteiger charge is -2.10. The first-order chi connectivity index (χ1) is 12.0. The molecule has 1 aromatic heterocycles. The summed E-state index contributed by atoms with van der Waals surface area (Å²) in [4.78, 5) is 11.3. The van der Waals surface area contributed by atoms with Crippen molar-refractivity contribution >= 4 is 21.1 Å². The number of phenols is 4. The van der Waals surface area contributed by atoms with Gasteiger partial charge in [-0.15, -0.1) is 0 Å². The zero-order valence-corrected chi connectivity index (χ0v) is 13.4. The van der Waals surface area contributed by atoms with Gasteiger partial charge in [0.25, 0.3) is 10.1 Å². The van der Waals surface area contributed by atoms with Crippen LogP contribution in [-0.2, 0) is 10.1 Å². The van der Waals surface area contributed by atoms with Gasteiger partial charge in [0, 0.05) is 18.2 Å². The quantitative estimate of drug-likeness (QED) is 0.352. The minimum Gasteiger partial charge on any atom is -0.508 e. The van der Waals surface area contributed by atoms with Crippen LogP contribution in [0.1, 0.15) is 0 Å². The first kappa shape index (κ1) is 17.4. The summed E-state index contributed by atoms with van der Waals surface area (Å²) in [5.41, 5.74) is -2.05. The third kappa shape index (κ3) is 2.64. The Labute approximate surface area is 144 Å². The van der Waals surface area contributed by atoms with Gasteiger partial charge < -0.3 is 29.9 Å². The van der Waals surface area contributed by atoms with Crippen molar-refractivity contribution in [3.8, 4) is 40.1 Å². The standard InChI is InChI=1S/C15H10O10S/c16-5-1-9(19)12-10(2-5)25-15(14(21)13(12)20)6-3-11(26(22,23)24)8(18)4-7(6)17/h1-4,16-19,21H,(H,22,23,24). The van der Waals surface area contributed by atoms with Crippen LogP contribution in [0.15, 0.2) is 38.4 Å². The Hall–Kier alpha value is -3.44. The second kappa shape index (κ2) is 5.54. The number of fused-ring (bicyclic) bond motifs is 1. The van der Waals surface area contributed by atoms with Crippen LogP contribution in [0.5, 0.6) is 28.7 Å². The Morgan fingerprint density at radius 3 is 2.12 bits per heavy atom. The molecule has 11 heteroatoms. The average molecular weight is 382 g/mol. The number of hydrogen-bond acceptors (Lipinski definition) is 9. The van der Waals surface area contributed by atoms with E-state index in [1.54, 1.807) is 0 Å². The Bertz CT molecular complexity index is 1220. The molecule has 0 bridgehead atoms. The summed E-state index contributed by atoms with van der Waals surface area (Å²) in [5.74, 6) is -4.70. The molecule has 26 heavy (non-hydrogen) atoms. The number of phenolic OH excluding ortho intramolecular Hbond substituents is 4. The second-order valence-corrected chi connectivity index (χ2v) is 6.65. The summed E-state index contributed by atoms with van der Waals surface area (Å²) < 4.78 is 36.9. The summed E-state index contributed by atoms with van der Waals surface area (Å²) in [6.07, 6.45) is 0. The normalized spacial score (nSPS) is 11.7. The SMILES string of the molecule is O=c1c(O)c(-c2cc(S(=O)(=O)O)c(O)cc2O)oc2cc(O)cc(O)c12. The predicted molar refractivity (Wildman–Crippen MR) is 86.1 cm³/mol. The van der Waals surface area contributed by atoms with E-state index < -0.39 is 65.9 Å². The lowest BCUT2D eigenvalue weighted by atomic mass is 10.1. The van der Waals surface area contributed by atoms with E-state index in [1.807, 2.05) is 0 Å². The second-order valence-electron chi connectivity index (χ2n) is 5.26. The smallest absolute Gasteiger partial charge is 0.298 e. The van der Waals surface area contributed by atoms with Gasteiger partial charge in [-0.3, -0.25) is 9.35 Å². The monoisotopic (exact) mass is 382 g/mol. The van der Waals surface area contributed by atoms with Crippen molar-refractivity contribution in [2.45, 2.75) is 4.90 Å². The average Bonchev–Trinajstić information content (AvgIpc) is 2.49. The summed E-state index contributed by atoms with van der Waals surface area (Å²) >= 11 is 0. The van der Waals surface area contributed by atoms with Crippen LogP contribution >= 0.6 is 0 Å². The summed E-state index contributed by atoms with van der Waals surface area (Å²) in [6.45, 7) is 0. The van der Waals surface area contributed by atoms with Crippen molar-refractivity contribution in [3.63, 3.8) is 0 Å². The molecule has 0 amide bonds. The van der Waals surface area contributed by atoms with Crippen molar-refractivity contribution in [2.24, 2.45) is 0 Å². The molecular formula is C15H10O10S. The molecule has 0 spiro atoms. The maximum Gasteiger partial charge on any atom is 0.298 e. The van der Waals surface area contributed by atoms with E-state index in [-0.39, 0.29) is 5.58 Å². The summed E-state index contributed by atoms with van der Waals surface area (Å²) in [5, 5.41) is 48.3. The van der Waals surface area contributed by atoms with Gasteiger partial charge in [-0.25, -0.2) is 0 Å². The van der Waals surface area contributed by atoms with Crippen LogP contribution in [0.4, 0.5) is 0 Å². The van der Waals surface area contributed by atoms with Crippen LogP contribution < -0.4 is 5.43 Å². The molecule has 10 nitrogen and oxygen atoms in total. The van der Waals surface area contributed by atoms with Gasteiger partial charge in [-0.1, -0.05) is 0 Å². The molecule has 0 aliphatic carbocycles. The molecule has 3 aromatic rings. The first-order valence-electron chi connectivity index (χ1n) is 6.76. The van der Waals surface area contributed by atoms with E-state index in [0.29, 0.717) is 12.1 Å². The molecule has 0 aliphatic heterocycles. The molecule has 0 saturated heterocycles. The molecule has 1 heterocycles. The predicted octanol–water partition coefficient (Wildman–Crippen LogP) is 1.23. The van der Waals surface area contributed by atoms with E-state index in [2.05, 4.69) is 0 Å². The largest absolute Gasteiger partial charge is 0.508 e. The molecule has 0 aliphatic rings. The van der Waals surface area contributed by atoms with Crippen LogP contribution in [0.3, 0.4) is 0 Å². The third-order valence-corrected chi connectivity index (χ3v) is 4.42. The third-order valence-electron chi connectivity index (χ3n) is 3.54. The Morgan fingerprint density at radius 2 is 1.50 bits per heavy atom. The molecule has 2 aromatic carbocycles. The lowest BCUT2D eigenvalue weighted by Crippen LogP contribution is -2.04. The van der Waals surface area contributed by atoms with Crippen LogP contribution in [-0.4, -0.2) is 38.5 Å². The summed E-state index contributed by atoms with van der Waals surface area (Å²) in [7, 11) is -4.90. The fourth-order valence-electron chi connectivity index (χ4n) is 2.40. The van der Waals surface area contributed by atoms with Crippen molar-refractivity contribution < 1.29 is 42.9 Å². The van der Waals surface area contributed by atoms with Gasteiger partial charge in [0.2, 0.25) is 11.2 Å². The van der Waals surface area contributed by atoms with Gasteiger partial charge in [0.1, 0.15) is 38.9 Å². The Kier molecular flexibility index (Phi) is 3.70. The fraction of sp³-hybridized carbons (Fsp3) is 0. The molecule has 0 radical (unpaired) electrons. The number of hydrogen-bond donors (Lipinski definition) is 6. The molecule has 136 valence electrons. The highest BCUT2D eigenvalue weighted by Crippen LogP contribution is 2.41. The van der Waals surface area contributed by atoms with Crippen LogP contribution in [0.25, 0.3) is 22.3 Å². The number of rotatable bonds is 2. The molecular weight excluding hydrogens is 372 g/mol. The highest BCUT2D eigenvalue weighted by atomic mass is 32.2. The molecule has 3 rings (SSSR count). The van der Waals surface area contributed by atoms with Crippen molar-refractivity contribution in [3.05, 3.63) is 34.5 Å². The van der Waals surface area contributed by atoms with E-state index in [0.717, 1.165) is 12.1 Å². The zero-order chi connectivity index (χ0) is 19.4. The van der Waals surface area contributed by atoms with Gasteiger partial charge in [-0.05, 0) is 6.07 Å². The Balaban J connectivity index is 2.44. The number of aromatic hydroxyl groups is 5. The molecule has 0 unspecified atom stereocenters. The topological polar surface area (TPSA) is 186 Å². The maximum atomic E-state index is 12.3. The highest BCUT2D eigenvalue weighted by molar-refractivity contribution is 7.86. The minimum atomic E-state index is -4.90. The summed E-state index contributed by atoms with van der Waals surface area (Å²) in [6, 6.07) is 2.92. The fourth-order valence-corrected chi connectivity index (χ4v) is 2.99. The van der Waals surface area contributed by atoms with Gasteiger partial charge in [-0.2, -0.15) is 8.42 Å². The number of benzene rings is 2. The molecule has 0 saturated carbocycles. The van der Waals surface area contributed by atoms with Crippen molar-refractivity contribution in [1.82, 2.24) is 0 Å². The maximum absolute atomic E-state index is 12.3. The van der Waals surface area contributed by atoms with Gasteiger partial charge in [0.15, 0.2) is 5.76 Å². The van der Waals surface area contributed by atoms with Gasteiger partial charge >= 0.3 is 0 Å². The van der Waals surface area contributed by atoms with Crippen molar-refractivity contribution in [2.75, 3.05) is 0 Å². The molecule has 0 atom stereocenters. The minimum absolute atomic E-state index is 0.374. The van der Waals surface area contributed by atoms with E-state index >= 15 is 0 Å². The molecule has 6 N–H and O–H groups in total. The lowest BCUT2D eigenvalue weighted by molar-refractivity contribution is 0.426. The van der Waals surface area contributed by atoms with E-state index in [9.17, 15) is 38.7 Å². The van der Waals surface area contributed by atoms with Gasteiger partial charge in [0.05, 0.1) is 5.56 Å². The molecule has 0 fully saturated rings.